The van der Waals surface area contributed by atoms with Gasteiger partial charge in [-0.2, -0.15) is 0 Å². The van der Waals surface area contributed by atoms with Gasteiger partial charge in [0.25, 0.3) is 0 Å². The van der Waals surface area contributed by atoms with E-state index in [1.165, 1.54) is 19.3 Å². The summed E-state index contributed by atoms with van der Waals surface area (Å²) < 4.78 is 6.57. The van der Waals surface area contributed by atoms with Crippen LogP contribution >= 0.6 is 0 Å². The molecule has 1 aliphatic carbocycles. The minimum atomic E-state index is -1.13. The van der Waals surface area contributed by atoms with E-state index < -0.39 is 29.6 Å². The van der Waals surface area contributed by atoms with E-state index in [4.69, 9.17) is 4.74 Å². The molecule has 1 aromatic rings. The van der Waals surface area contributed by atoms with Crippen LogP contribution in [-0.4, -0.2) is 77.5 Å². The van der Waals surface area contributed by atoms with Crippen molar-refractivity contribution in [3.05, 3.63) is 41.5 Å². The van der Waals surface area contributed by atoms with Gasteiger partial charge in [-0.05, 0) is 81.3 Å². The molecule has 2 bridgehead atoms. The lowest BCUT2D eigenvalue weighted by atomic mass is 9.73. The summed E-state index contributed by atoms with van der Waals surface area (Å²) in [5.74, 6) is -1.01. The Hall–Kier alpha value is -2.71. The summed E-state index contributed by atoms with van der Waals surface area (Å²) in [5, 5.41) is 6.42. The molecule has 42 heavy (non-hydrogen) atoms. The molecule has 3 saturated heterocycles. The zero-order valence-electron chi connectivity index (χ0n) is 25.7. The van der Waals surface area contributed by atoms with Crippen molar-refractivity contribution in [2.45, 2.75) is 96.4 Å². The van der Waals surface area contributed by atoms with Gasteiger partial charge in [-0.15, -0.1) is 0 Å². The van der Waals surface area contributed by atoms with E-state index in [0.29, 0.717) is 24.1 Å². The van der Waals surface area contributed by atoms with Crippen LogP contribution in [-0.2, 0) is 19.1 Å². The van der Waals surface area contributed by atoms with Gasteiger partial charge in [0.05, 0.1) is 17.9 Å². The quantitative estimate of drug-likeness (QED) is 0.475. The molecule has 8 atom stereocenters. The van der Waals surface area contributed by atoms with Gasteiger partial charge in [0.2, 0.25) is 17.7 Å². The van der Waals surface area contributed by atoms with E-state index in [1.807, 2.05) is 44.2 Å². The topological polar surface area (TPSA) is 91.0 Å². The van der Waals surface area contributed by atoms with Crippen molar-refractivity contribution in [1.29, 1.82) is 0 Å². The number of amides is 3. The van der Waals surface area contributed by atoms with Gasteiger partial charge in [-0.3, -0.25) is 14.4 Å². The number of anilines is 1. The molecule has 6 rings (SSSR count). The molecular formula is C34H48N4O4. The van der Waals surface area contributed by atoms with Crippen LogP contribution in [0.1, 0.15) is 69.9 Å². The van der Waals surface area contributed by atoms with Crippen LogP contribution in [0.15, 0.2) is 30.4 Å². The average Bonchev–Trinajstić information content (AvgIpc) is 3.51. The van der Waals surface area contributed by atoms with Crippen molar-refractivity contribution in [1.82, 2.24) is 15.1 Å². The number of hydrogen-bond acceptors (Lipinski definition) is 5. The summed E-state index contributed by atoms with van der Waals surface area (Å²) in [4.78, 5) is 46.6. The normalized spacial score (nSPS) is 36.1. The summed E-state index contributed by atoms with van der Waals surface area (Å²) in [5.41, 5.74) is 1.83. The van der Waals surface area contributed by atoms with Gasteiger partial charge >= 0.3 is 0 Å². The van der Waals surface area contributed by atoms with E-state index >= 15 is 0 Å². The van der Waals surface area contributed by atoms with Crippen LogP contribution < -0.4 is 10.6 Å². The molecule has 8 heteroatoms. The number of nitrogens with zero attached hydrogens (tertiary/aromatic N) is 2. The number of aryl methyl sites for hydroxylation is 2. The first-order chi connectivity index (χ1) is 20.2. The molecule has 3 amide bonds. The fraction of sp³-hybridized carbons (Fsp3) is 0.676. The molecular weight excluding hydrogens is 528 g/mol. The number of fused-ring (bicyclic) bond motifs is 1. The lowest BCUT2D eigenvalue weighted by Gasteiger charge is -2.38. The van der Waals surface area contributed by atoms with Crippen LogP contribution in [0.3, 0.4) is 0 Å². The van der Waals surface area contributed by atoms with Gasteiger partial charge in [0, 0.05) is 24.8 Å². The number of nitrogens with one attached hydrogen (secondary N) is 2. The van der Waals surface area contributed by atoms with Gasteiger partial charge in [-0.25, -0.2) is 0 Å². The highest BCUT2D eigenvalue weighted by molar-refractivity contribution is 6.02. The van der Waals surface area contributed by atoms with E-state index in [-0.39, 0.29) is 23.8 Å². The van der Waals surface area contributed by atoms with Crippen molar-refractivity contribution in [2.75, 3.05) is 31.5 Å². The summed E-state index contributed by atoms with van der Waals surface area (Å²) in [7, 11) is 0. The Morgan fingerprint density at radius 2 is 1.74 bits per heavy atom. The van der Waals surface area contributed by atoms with Crippen molar-refractivity contribution >= 4 is 23.4 Å². The lowest BCUT2D eigenvalue weighted by Crippen LogP contribution is -2.58. The number of carbonyl (C=O) groups excluding carboxylic acids is 3. The van der Waals surface area contributed by atoms with Crippen molar-refractivity contribution in [3.63, 3.8) is 0 Å². The van der Waals surface area contributed by atoms with Gasteiger partial charge in [-0.1, -0.05) is 57.7 Å². The second-order valence-electron chi connectivity index (χ2n) is 13.7. The molecule has 5 aliphatic rings. The molecule has 1 aromatic carbocycles. The SMILES string of the molecule is Cc1ccc(NC(=O)C2[C@@H]3C=CC4(O3)C(C(=O)NC3CCCC(C)C3C)N(CCN3CCCCCC3)C(=O)[C@H]24)cc1C. The summed E-state index contributed by atoms with van der Waals surface area (Å²) in [6.45, 7) is 11.8. The number of ether oxygens (including phenoxy) is 1. The fourth-order valence-corrected chi connectivity index (χ4v) is 8.21. The van der Waals surface area contributed by atoms with E-state index in [1.54, 1.807) is 4.90 Å². The van der Waals surface area contributed by atoms with Crippen molar-refractivity contribution in [2.24, 2.45) is 23.7 Å². The highest BCUT2D eigenvalue weighted by Crippen LogP contribution is 2.55. The first-order valence-corrected chi connectivity index (χ1v) is 16.3. The fourth-order valence-electron chi connectivity index (χ4n) is 8.21. The van der Waals surface area contributed by atoms with Gasteiger partial charge < -0.3 is 25.2 Å². The third-order valence-electron chi connectivity index (χ3n) is 11.1. The number of likely N-dealkylation sites (tertiary alicyclic amines) is 2. The second-order valence-corrected chi connectivity index (χ2v) is 13.7. The highest BCUT2D eigenvalue weighted by Gasteiger charge is 2.72. The minimum Gasteiger partial charge on any atom is -0.359 e. The maximum absolute atomic E-state index is 14.3. The van der Waals surface area contributed by atoms with E-state index in [0.717, 1.165) is 56.4 Å². The third kappa shape index (κ3) is 5.19. The van der Waals surface area contributed by atoms with Crippen molar-refractivity contribution in [3.8, 4) is 0 Å². The monoisotopic (exact) mass is 576 g/mol. The van der Waals surface area contributed by atoms with Crippen LogP contribution in [0.4, 0.5) is 5.69 Å². The molecule has 228 valence electrons. The molecule has 1 saturated carbocycles. The number of benzene rings is 1. The number of hydrogen-bond donors (Lipinski definition) is 2. The smallest absolute Gasteiger partial charge is 0.246 e. The predicted octanol–water partition coefficient (Wildman–Crippen LogP) is 4.21. The van der Waals surface area contributed by atoms with Crippen LogP contribution in [0.5, 0.6) is 0 Å². The number of carbonyl (C=O) groups is 3. The van der Waals surface area contributed by atoms with Crippen molar-refractivity contribution < 1.29 is 19.1 Å². The summed E-state index contributed by atoms with van der Waals surface area (Å²) >= 11 is 0. The van der Waals surface area contributed by atoms with E-state index in [9.17, 15) is 14.4 Å². The lowest BCUT2D eigenvalue weighted by molar-refractivity contribution is -0.141. The standard InChI is InChI=1S/C34H48N4O4/c1-21-12-13-25(20-23(21)3)35-31(39)28-27-14-15-34(42-27)29(28)33(41)38(19-18-37-16-7-5-6-8-17-37)30(34)32(40)36-26-11-9-10-22(2)24(26)4/h12-15,20,22,24,26-30H,5-11,16-19H2,1-4H3,(H,35,39)(H,36,40)/t22?,24?,26?,27-,28?,29-,30?,34?/m0/s1. The summed E-state index contributed by atoms with van der Waals surface area (Å²) in [6, 6.07) is 5.13. The van der Waals surface area contributed by atoms with Gasteiger partial charge in [0.1, 0.15) is 11.6 Å². The zero-order valence-corrected chi connectivity index (χ0v) is 25.7. The molecule has 8 nitrogen and oxygen atoms in total. The molecule has 0 aromatic heterocycles. The Bertz CT molecular complexity index is 1240. The minimum absolute atomic E-state index is 0.0747. The van der Waals surface area contributed by atoms with E-state index in [2.05, 4.69) is 29.4 Å². The Morgan fingerprint density at radius 1 is 0.976 bits per heavy atom. The largest absolute Gasteiger partial charge is 0.359 e. The molecule has 2 N–H and O–H groups in total. The van der Waals surface area contributed by atoms with Gasteiger partial charge in [0.15, 0.2) is 0 Å². The first kappa shape index (κ1) is 29.4. The average molecular weight is 577 g/mol. The molecule has 4 aliphatic heterocycles. The number of rotatable bonds is 7. The van der Waals surface area contributed by atoms with Crippen LogP contribution in [0.25, 0.3) is 0 Å². The molecule has 4 fully saturated rings. The first-order valence-electron chi connectivity index (χ1n) is 16.3. The maximum Gasteiger partial charge on any atom is 0.246 e. The predicted molar refractivity (Wildman–Crippen MR) is 163 cm³/mol. The summed E-state index contributed by atoms with van der Waals surface area (Å²) in [6.07, 6.45) is 11.3. The highest BCUT2D eigenvalue weighted by atomic mass is 16.5. The Labute approximate surface area is 250 Å². The third-order valence-corrected chi connectivity index (χ3v) is 11.1. The Morgan fingerprint density at radius 3 is 2.48 bits per heavy atom. The van der Waals surface area contributed by atoms with Crippen LogP contribution in [0, 0.1) is 37.5 Å². The zero-order chi connectivity index (χ0) is 29.6. The molecule has 1 spiro atoms. The second kappa shape index (κ2) is 11.8. The maximum atomic E-state index is 14.3. The molecule has 6 unspecified atom stereocenters. The Kier molecular flexibility index (Phi) is 8.22. The van der Waals surface area contributed by atoms with Crippen LogP contribution in [0.2, 0.25) is 0 Å². The molecule has 4 heterocycles. The molecule has 0 radical (unpaired) electrons. The Balaban J connectivity index is 1.27.